The van der Waals surface area contributed by atoms with E-state index in [2.05, 4.69) is 12.2 Å². The SMILES string of the molecule is CCCNC1CCC(S(C)(=O)=O)C1C. The van der Waals surface area contributed by atoms with Crippen LogP contribution in [0.2, 0.25) is 0 Å². The maximum atomic E-state index is 11.4. The van der Waals surface area contributed by atoms with E-state index in [-0.39, 0.29) is 11.2 Å². The molecule has 1 fully saturated rings. The van der Waals surface area contributed by atoms with Crippen LogP contribution in [0.3, 0.4) is 0 Å². The second kappa shape index (κ2) is 4.62. The van der Waals surface area contributed by atoms with Gasteiger partial charge in [0.1, 0.15) is 0 Å². The lowest BCUT2D eigenvalue weighted by Crippen LogP contribution is -2.36. The minimum atomic E-state index is -2.85. The fraction of sp³-hybridized carbons (Fsp3) is 1.00. The van der Waals surface area contributed by atoms with Crippen LogP contribution in [-0.4, -0.2) is 32.5 Å². The molecule has 1 N–H and O–H groups in total. The summed E-state index contributed by atoms with van der Waals surface area (Å²) < 4.78 is 22.9. The maximum Gasteiger partial charge on any atom is 0.150 e. The predicted molar refractivity (Wildman–Crippen MR) is 59.1 cm³/mol. The molecule has 3 nitrogen and oxygen atoms in total. The molecule has 14 heavy (non-hydrogen) atoms. The third kappa shape index (κ3) is 2.70. The Morgan fingerprint density at radius 1 is 1.36 bits per heavy atom. The summed E-state index contributed by atoms with van der Waals surface area (Å²) in [4.78, 5) is 0. The Hall–Kier alpha value is -0.0900. The van der Waals surface area contributed by atoms with Crippen LogP contribution >= 0.6 is 0 Å². The first-order valence-electron chi connectivity index (χ1n) is 5.39. The molecule has 0 aromatic heterocycles. The summed E-state index contributed by atoms with van der Waals surface area (Å²) in [6.45, 7) is 5.16. The summed E-state index contributed by atoms with van der Waals surface area (Å²) >= 11 is 0. The molecule has 0 spiro atoms. The molecule has 0 aliphatic heterocycles. The van der Waals surface area contributed by atoms with Gasteiger partial charge < -0.3 is 5.32 Å². The van der Waals surface area contributed by atoms with Crippen molar-refractivity contribution in [2.45, 2.75) is 44.4 Å². The molecule has 0 aromatic rings. The van der Waals surface area contributed by atoms with Crippen LogP contribution in [-0.2, 0) is 9.84 Å². The van der Waals surface area contributed by atoms with Gasteiger partial charge in [-0.25, -0.2) is 8.42 Å². The molecular formula is C10H21NO2S. The van der Waals surface area contributed by atoms with E-state index in [0.717, 1.165) is 25.8 Å². The Morgan fingerprint density at radius 2 is 2.00 bits per heavy atom. The van der Waals surface area contributed by atoms with E-state index in [1.807, 2.05) is 6.92 Å². The maximum absolute atomic E-state index is 11.4. The molecule has 3 unspecified atom stereocenters. The highest BCUT2D eigenvalue weighted by Crippen LogP contribution is 2.30. The Morgan fingerprint density at radius 3 is 2.43 bits per heavy atom. The minimum absolute atomic E-state index is 0.128. The van der Waals surface area contributed by atoms with Gasteiger partial charge in [0.05, 0.1) is 5.25 Å². The van der Waals surface area contributed by atoms with Crippen LogP contribution in [0.25, 0.3) is 0 Å². The summed E-state index contributed by atoms with van der Waals surface area (Å²) in [6.07, 6.45) is 4.28. The van der Waals surface area contributed by atoms with Gasteiger partial charge in [0.25, 0.3) is 0 Å². The van der Waals surface area contributed by atoms with E-state index >= 15 is 0 Å². The molecule has 1 rings (SSSR count). The molecule has 0 amide bonds. The largest absolute Gasteiger partial charge is 0.314 e. The van der Waals surface area contributed by atoms with Crippen LogP contribution in [0.4, 0.5) is 0 Å². The quantitative estimate of drug-likeness (QED) is 0.773. The molecule has 0 aromatic carbocycles. The van der Waals surface area contributed by atoms with E-state index in [1.54, 1.807) is 0 Å². The monoisotopic (exact) mass is 219 g/mol. The predicted octanol–water partition coefficient (Wildman–Crippen LogP) is 1.20. The van der Waals surface area contributed by atoms with Crippen LogP contribution in [0, 0.1) is 5.92 Å². The zero-order valence-corrected chi connectivity index (χ0v) is 10.1. The van der Waals surface area contributed by atoms with Gasteiger partial charge in [0.15, 0.2) is 9.84 Å². The second-order valence-electron chi connectivity index (χ2n) is 4.37. The Balaban J connectivity index is 2.56. The van der Waals surface area contributed by atoms with E-state index in [4.69, 9.17) is 0 Å². The minimum Gasteiger partial charge on any atom is -0.314 e. The summed E-state index contributed by atoms with van der Waals surface area (Å²) in [5.74, 6) is 0.261. The fourth-order valence-electron chi connectivity index (χ4n) is 2.35. The van der Waals surface area contributed by atoms with E-state index in [1.165, 1.54) is 6.26 Å². The third-order valence-corrected chi connectivity index (χ3v) is 4.95. The normalized spacial score (nSPS) is 33.5. The van der Waals surface area contributed by atoms with Crippen molar-refractivity contribution in [2.75, 3.05) is 12.8 Å². The molecule has 0 heterocycles. The van der Waals surface area contributed by atoms with Crippen molar-refractivity contribution in [3.05, 3.63) is 0 Å². The number of nitrogens with one attached hydrogen (secondary N) is 1. The second-order valence-corrected chi connectivity index (χ2v) is 6.63. The topological polar surface area (TPSA) is 46.2 Å². The summed E-state index contributed by atoms with van der Waals surface area (Å²) in [7, 11) is -2.85. The lowest BCUT2D eigenvalue weighted by atomic mass is 10.1. The van der Waals surface area contributed by atoms with Crippen molar-refractivity contribution in [1.82, 2.24) is 5.32 Å². The van der Waals surface area contributed by atoms with Gasteiger partial charge in [-0.15, -0.1) is 0 Å². The molecule has 4 heteroatoms. The molecule has 0 saturated heterocycles. The fourth-order valence-corrected chi connectivity index (χ4v) is 3.88. The number of hydrogen-bond acceptors (Lipinski definition) is 3. The number of rotatable bonds is 4. The van der Waals surface area contributed by atoms with E-state index in [0.29, 0.717) is 6.04 Å². The van der Waals surface area contributed by atoms with Gasteiger partial charge in [0, 0.05) is 12.3 Å². The zero-order chi connectivity index (χ0) is 10.8. The van der Waals surface area contributed by atoms with Gasteiger partial charge in [-0.3, -0.25) is 0 Å². The lowest BCUT2D eigenvalue weighted by Gasteiger charge is -2.20. The highest BCUT2D eigenvalue weighted by molar-refractivity contribution is 7.91. The Labute approximate surface area is 87.2 Å². The van der Waals surface area contributed by atoms with Gasteiger partial charge in [-0.05, 0) is 31.7 Å². The number of sulfone groups is 1. The van der Waals surface area contributed by atoms with Crippen molar-refractivity contribution in [2.24, 2.45) is 5.92 Å². The molecular weight excluding hydrogens is 198 g/mol. The van der Waals surface area contributed by atoms with Gasteiger partial charge in [-0.2, -0.15) is 0 Å². The van der Waals surface area contributed by atoms with Crippen molar-refractivity contribution in [3.8, 4) is 0 Å². The smallest absolute Gasteiger partial charge is 0.150 e. The first kappa shape index (κ1) is 12.0. The first-order valence-corrected chi connectivity index (χ1v) is 7.34. The van der Waals surface area contributed by atoms with E-state index < -0.39 is 9.84 Å². The lowest BCUT2D eigenvalue weighted by molar-refractivity contribution is 0.425. The number of hydrogen-bond donors (Lipinski definition) is 1. The summed E-state index contributed by atoms with van der Waals surface area (Å²) in [5.41, 5.74) is 0. The van der Waals surface area contributed by atoms with E-state index in [9.17, 15) is 8.42 Å². The summed E-state index contributed by atoms with van der Waals surface area (Å²) in [6, 6.07) is 0.398. The molecule has 1 aliphatic rings. The van der Waals surface area contributed by atoms with Gasteiger partial charge >= 0.3 is 0 Å². The highest BCUT2D eigenvalue weighted by atomic mass is 32.2. The molecule has 84 valence electrons. The molecule has 0 bridgehead atoms. The molecule has 1 aliphatic carbocycles. The molecule has 3 atom stereocenters. The third-order valence-electron chi connectivity index (χ3n) is 3.19. The average Bonchev–Trinajstić information content (AvgIpc) is 2.42. The van der Waals surface area contributed by atoms with Crippen molar-refractivity contribution < 1.29 is 8.42 Å². The van der Waals surface area contributed by atoms with Gasteiger partial charge in [0.2, 0.25) is 0 Å². The Bertz CT molecular complexity index is 274. The molecule has 0 radical (unpaired) electrons. The highest BCUT2D eigenvalue weighted by Gasteiger charge is 2.38. The summed E-state index contributed by atoms with van der Waals surface area (Å²) in [5, 5.41) is 3.29. The first-order chi connectivity index (χ1) is 6.46. The average molecular weight is 219 g/mol. The van der Waals surface area contributed by atoms with Crippen molar-refractivity contribution in [3.63, 3.8) is 0 Å². The van der Waals surface area contributed by atoms with Crippen LogP contribution in [0.15, 0.2) is 0 Å². The van der Waals surface area contributed by atoms with Gasteiger partial charge in [-0.1, -0.05) is 13.8 Å². The zero-order valence-electron chi connectivity index (χ0n) is 9.29. The van der Waals surface area contributed by atoms with Crippen LogP contribution < -0.4 is 5.32 Å². The van der Waals surface area contributed by atoms with Crippen LogP contribution in [0.1, 0.15) is 33.1 Å². The standard InChI is InChI=1S/C10H21NO2S/c1-4-7-11-9-5-6-10(8(9)2)14(3,12)13/h8-11H,4-7H2,1-3H3. The Kier molecular flexibility index (Phi) is 3.95. The van der Waals surface area contributed by atoms with Crippen molar-refractivity contribution >= 4 is 9.84 Å². The van der Waals surface area contributed by atoms with Crippen LogP contribution in [0.5, 0.6) is 0 Å². The molecule has 1 saturated carbocycles. The van der Waals surface area contributed by atoms with Crippen molar-refractivity contribution in [1.29, 1.82) is 0 Å².